The van der Waals surface area contributed by atoms with Crippen molar-refractivity contribution < 1.29 is 63.6 Å². The van der Waals surface area contributed by atoms with Crippen molar-refractivity contribution in [1.29, 1.82) is 0 Å². The summed E-state index contributed by atoms with van der Waals surface area (Å²) >= 11 is 0. The fraction of sp³-hybridized carbons (Fsp3) is 0.625. The fourth-order valence-electron chi connectivity index (χ4n) is 8.06. The molecule has 0 aromatic heterocycles. The molecule has 1 aliphatic rings. The zero-order chi connectivity index (χ0) is 57.6. The lowest BCUT2D eigenvalue weighted by molar-refractivity contribution is -0.140. The van der Waals surface area contributed by atoms with Crippen LogP contribution in [-0.2, 0) is 44.8 Å². The Morgan fingerprint density at radius 2 is 1.38 bits per heavy atom. The van der Waals surface area contributed by atoms with E-state index in [1.54, 1.807) is 12.1 Å². The summed E-state index contributed by atoms with van der Waals surface area (Å²) in [5.74, 6) is -8.40. The second-order valence-electron chi connectivity index (χ2n) is 18.5. The number of nitrogens with one attached hydrogen (secondary N) is 7. The van der Waals surface area contributed by atoms with Gasteiger partial charge in [-0.25, -0.2) is 9.59 Å². The van der Waals surface area contributed by atoms with Crippen LogP contribution in [0.2, 0.25) is 0 Å². The first kappa shape index (κ1) is 66.3. The number of likely N-dealkylation sites (tertiary alicyclic amines) is 1. The van der Waals surface area contributed by atoms with Gasteiger partial charge in [0.25, 0.3) is 0 Å². The van der Waals surface area contributed by atoms with Gasteiger partial charge in [0.1, 0.15) is 36.1 Å². The quantitative estimate of drug-likeness (QED) is 0.00970. The molecule has 0 saturated carbocycles. The number of unbranched alkanes of at least 4 members (excludes halogenated alkanes) is 2. The van der Waals surface area contributed by atoms with E-state index in [4.69, 9.17) is 40.1 Å². The number of rotatable bonds is 37. The third-order valence-electron chi connectivity index (χ3n) is 12.4. The summed E-state index contributed by atoms with van der Waals surface area (Å²) in [7, 11) is 0. The van der Waals surface area contributed by atoms with E-state index in [1.807, 2.05) is 0 Å². The number of carbonyl (C=O) groups is 9. The van der Waals surface area contributed by atoms with Crippen molar-refractivity contribution in [3.8, 4) is 0 Å². The first-order valence-electron chi connectivity index (χ1n) is 25.7. The molecule has 432 valence electrons. The van der Waals surface area contributed by atoms with E-state index in [-0.39, 0.29) is 89.1 Å². The number of guanidine groups is 1. The predicted molar refractivity (Wildman–Crippen MR) is 282 cm³/mol. The molecule has 0 aliphatic carbocycles. The van der Waals surface area contributed by atoms with Gasteiger partial charge in [-0.15, -0.1) is 0 Å². The molecule has 25 N–H and O–H groups in total. The van der Waals surface area contributed by atoms with Crippen molar-refractivity contribution in [3.05, 3.63) is 47.2 Å². The minimum absolute atomic E-state index is 0.0246. The maximum absolute atomic E-state index is 14.3. The van der Waals surface area contributed by atoms with Gasteiger partial charge in [-0.1, -0.05) is 24.6 Å². The Bertz CT molecular complexity index is 2160. The van der Waals surface area contributed by atoms with Crippen LogP contribution in [0.25, 0.3) is 0 Å². The molecule has 2 rings (SSSR count). The van der Waals surface area contributed by atoms with Gasteiger partial charge >= 0.3 is 11.9 Å². The summed E-state index contributed by atoms with van der Waals surface area (Å²) < 4.78 is 0. The van der Waals surface area contributed by atoms with E-state index >= 15 is 0 Å². The number of nitrogens with two attached hydrogens (primary N) is 7. The van der Waals surface area contributed by atoms with Crippen molar-refractivity contribution in [3.63, 3.8) is 0 Å². The second-order valence-corrected chi connectivity index (χ2v) is 18.5. The Kier molecular flexibility index (Phi) is 30.5. The highest BCUT2D eigenvalue weighted by Gasteiger charge is 2.39. The molecule has 1 aromatic carbocycles. The Morgan fingerprint density at radius 3 is 1.97 bits per heavy atom. The number of amides is 7. The Morgan fingerprint density at radius 1 is 0.740 bits per heavy atom. The van der Waals surface area contributed by atoms with Gasteiger partial charge in [0.05, 0.1) is 36.3 Å². The van der Waals surface area contributed by atoms with Crippen LogP contribution in [0.1, 0.15) is 99.9 Å². The highest BCUT2D eigenvalue weighted by atomic mass is 16.4. The van der Waals surface area contributed by atoms with Gasteiger partial charge in [-0.3, -0.25) is 43.9 Å². The van der Waals surface area contributed by atoms with Crippen LogP contribution < -0.4 is 77.4 Å². The van der Waals surface area contributed by atoms with Crippen LogP contribution in [0.15, 0.2) is 41.0 Å². The predicted octanol–water partition coefficient (Wildman–Crippen LogP) is -5.95. The molecule has 1 unspecified atom stereocenters. The van der Waals surface area contributed by atoms with E-state index in [9.17, 15) is 63.6 Å². The number of aliphatic hydroxyl groups excluding tert-OH is 2. The molecule has 1 fully saturated rings. The maximum atomic E-state index is 14.3. The monoisotopic (exact) mass is 1090 g/mol. The SMILES string of the molecule is C[C@H](NC(=O)[C@@H](NC(=O)[C@@H](N)CCCCN)[C@@H](O)CN)C(=O)NCC(=O)N[C@H](CCCN)C(=O)N1CCC[C@H]1C(O)N[C@@H](CCc1ccc(C(=O)O)cc1)C(=O)N[C@@H](CCCCN)C(=O)N/C(=C\CCN=C(N)N)C(=O)O. The van der Waals surface area contributed by atoms with Crippen LogP contribution in [0.3, 0.4) is 0 Å². The number of aliphatic hydroxyl groups is 2. The van der Waals surface area contributed by atoms with Crippen molar-refractivity contribution in [2.75, 3.05) is 45.8 Å². The number of carbonyl (C=O) groups excluding carboxylic acids is 7. The molecular weight excluding hydrogens is 1010 g/mol. The number of carboxylic acid groups (broad SMARTS) is 2. The van der Waals surface area contributed by atoms with Crippen molar-refractivity contribution in [2.24, 2.45) is 45.1 Å². The summed E-state index contributed by atoms with van der Waals surface area (Å²) in [5.41, 5.74) is 39.3. The normalized spacial score (nSPS) is 16.5. The van der Waals surface area contributed by atoms with Gasteiger partial charge < -0.3 is 97.4 Å². The number of hydrogen-bond donors (Lipinski definition) is 18. The van der Waals surface area contributed by atoms with Crippen LogP contribution >= 0.6 is 0 Å². The number of aliphatic imine (C=N–C) groups is 1. The Hall–Kier alpha value is -6.86. The minimum Gasteiger partial charge on any atom is -0.478 e. The molecule has 1 heterocycles. The topological polar surface area (TPSA) is 516 Å². The van der Waals surface area contributed by atoms with Crippen LogP contribution in [0, 0.1) is 0 Å². The summed E-state index contributed by atoms with van der Waals surface area (Å²) in [5, 5.41) is 59.1. The van der Waals surface area contributed by atoms with Gasteiger partial charge in [-0.2, -0.15) is 0 Å². The number of carboxylic acids is 2. The average molecular weight is 1090 g/mol. The average Bonchev–Trinajstić information content (AvgIpc) is 3.90. The van der Waals surface area contributed by atoms with Gasteiger partial charge in [0, 0.05) is 19.6 Å². The lowest BCUT2D eigenvalue weighted by atomic mass is 10.0. The van der Waals surface area contributed by atoms with E-state index in [1.165, 1.54) is 30.0 Å². The number of benzene rings is 1. The zero-order valence-corrected chi connectivity index (χ0v) is 43.6. The van der Waals surface area contributed by atoms with Crippen LogP contribution in [-0.4, -0.2) is 185 Å². The van der Waals surface area contributed by atoms with Crippen molar-refractivity contribution in [2.45, 2.75) is 145 Å². The third kappa shape index (κ3) is 23.9. The molecule has 9 atom stereocenters. The van der Waals surface area contributed by atoms with Crippen molar-refractivity contribution in [1.82, 2.24) is 42.1 Å². The van der Waals surface area contributed by atoms with Crippen LogP contribution in [0.5, 0.6) is 0 Å². The first-order chi connectivity index (χ1) is 36.6. The molecule has 29 nitrogen and oxygen atoms in total. The minimum atomic E-state index is -1.58. The lowest BCUT2D eigenvalue weighted by Gasteiger charge is -2.34. The fourth-order valence-corrected chi connectivity index (χ4v) is 8.06. The van der Waals surface area contributed by atoms with E-state index < -0.39 is 127 Å². The van der Waals surface area contributed by atoms with E-state index in [0.717, 1.165) is 0 Å². The van der Waals surface area contributed by atoms with Crippen LogP contribution in [0.4, 0.5) is 0 Å². The summed E-state index contributed by atoms with van der Waals surface area (Å²) in [6.07, 6.45) is 1.50. The number of aliphatic carboxylic acids is 1. The number of aromatic carboxylic acids is 1. The highest BCUT2D eigenvalue weighted by molar-refractivity contribution is 5.97. The van der Waals surface area contributed by atoms with Gasteiger partial charge in [0.2, 0.25) is 41.4 Å². The lowest BCUT2D eigenvalue weighted by Crippen LogP contribution is -2.60. The largest absolute Gasteiger partial charge is 0.478 e. The number of hydrogen-bond acceptors (Lipinski definition) is 18. The number of aryl methyl sites for hydroxylation is 1. The molecular formula is C48H82N16O13. The molecule has 77 heavy (non-hydrogen) atoms. The van der Waals surface area contributed by atoms with Gasteiger partial charge in [-0.05, 0) is 121 Å². The molecule has 1 saturated heterocycles. The summed E-state index contributed by atoms with van der Waals surface area (Å²) in [6, 6.07) is -2.72. The smallest absolute Gasteiger partial charge is 0.352 e. The molecule has 0 spiro atoms. The van der Waals surface area contributed by atoms with E-state index in [2.05, 4.69) is 42.2 Å². The molecule has 1 aromatic rings. The zero-order valence-electron chi connectivity index (χ0n) is 43.6. The maximum Gasteiger partial charge on any atom is 0.352 e. The summed E-state index contributed by atoms with van der Waals surface area (Å²) in [6.45, 7) is 1.16. The highest BCUT2D eigenvalue weighted by Crippen LogP contribution is 2.23. The first-order valence-corrected chi connectivity index (χ1v) is 25.7. The standard InChI is InChI=1S/C48H82N16O13/c1-27(58-44(72)38(36(65)25-52)63-40(68)30(53)9-2-4-20-49)39(67)57-26-37(66)59-33(11-6-22-51)45(73)64-24-8-13-35(64)43(71)61-32(19-16-28-14-17-29(18-15-28)46(74)75)42(70)60-31(10-3-5-21-50)41(69)62-34(47(76)77)12-7-23-56-48(54)55/h12,14-15,17-18,27,30-33,35-36,38,43,61,65,71H,2-11,13,16,19-26,49-53H2,1H3,(H,57,67)(H,58,72)(H,59,66)(H,60,70)(H,62,69)(H,63,68)(H,74,75)(H,76,77)(H4,54,55,56)/b34-12-/t27-,30-,31-,32-,33+,35-,36-,38-,43?/m0/s1. The molecule has 29 heteroatoms. The number of nitrogens with zero attached hydrogens (tertiary/aromatic N) is 2. The molecule has 0 bridgehead atoms. The molecule has 7 amide bonds. The Balaban J connectivity index is 2.29. The van der Waals surface area contributed by atoms with E-state index in [0.29, 0.717) is 44.2 Å². The third-order valence-corrected chi connectivity index (χ3v) is 12.4. The van der Waals surface area contributed by atoms with Crippen molar-refractivity contribution >= 4 is 59.2 Å². The molecule has 1 aliphatic heterocycles. The van der Waals surface area contributed by atoms with Gasteiger partial charge in [0.15, 0.2) is 5.96 Å². The molecule has 0 radical (unpaired) electrons. The second kappa shape index (κ2) is 35.5. The summed E-state index contributed by atoms with van der Waals surface area (Å²) in [4.78, 5) is 123. The Labute approximate surface area is 447 Å².